The van der Waals surface area contributed by atoms with Gasteiger partial charge in [0.25, 0.3) is 0 Å². The summed E-state index contributed by atoms with van der Waals surface area (Å²) in [5.74, 6) is 1.30. The molecule has 0 amide bonds. The molecule has 0 atom stereocenters. The predicted octanol–water partition coefficient (Wildman–Crippen LogP) is 4.25. The molecule has 4 nitrogen and oxygen atoms in total. The Morgan fingerprint density at radius 1 is 1.04 bits per heavy atom. The molecule has 5 heteroatoms. The second-order valence-electron chi connectivity index (χ2n) is 5.49. The molecule has 122 valence electrons. The molecule has 0 saturated carbocycles. The van der Waals surface area contributed by atoms with Crippen molar-refractivity contribution in [3.8, 4) is 11.4 Å². The number of carbonyl (C=O) groups excluding carboxylic acids is 1. The van der Waals surface area contributed by atoms with Crippen LogP contribution < -0.4 is 0 Å². The smallest absolute Gasteiger partial charge is 0.191 e. The fourth-order valence-electron chi connectivity index (χ4n) is 2.43. The predicted molar refractivity (Wildman–Crippen MR) is 97.4 cm³/mol. The summed E-state index contributed by atoms with van der Waals surface area (Å²) in [5.41, 5.74) is 2.98. The number of benzene rings is 2. The maximum atomic E-state index is 12.3. The average Bonchev–Trinajstić information content (AvgIpc) is 3.04. The zero-order valence-electron chi connectivity index (χ0n) is 13.8. The number of carbonyl (C=O) groups is 1. The van der Waals surface area contributed by atoms with E-state index in [0.29, 0.717) is 5.75 Å². The van der Waals surface area contributed by atoms with Gasteiger partial charge in [-0.1, -0.05) is 71.9 Å². The van der Waals surface area contributed by atoms with Gasteiger partial charge >= 0.3 is 0 Å². The highest BCUT2D eigenvalue weighted by Crippen LogP contribution is 2.24. The summed E-state index contributed by atoms with van der Waals surface area (Å²) in [6.07, 6.45) is 0. The van der Waals surface area contributed by atoms with Crippen LogP contribution in [0.15, 0.2) is 59.8 Å². The molecule has 1 heterocycles. The summed E-state index contributed by atoms with van der Waals surface area (Å²) < 4.78 is 2.05. The van der Waals surface area contributed by atoms with Gasteiger partial charge < -0.3 is 4.57 Å². The van der Waals surface area contributed by atoms with Gasteiger partial charge in [0.05, 0.1) is 5.75 Å². The molecule has 0 radical (unpaired) electrons. The van der Waals surface area contributed by atoms with E-state index in [1.807, 2.05) is 34.9 Å². The first kappa shape index (κ1) is 16.5. The molecule has 1 aromatic heterocycles. The van der Waals surface area contributed by atoms with E-state index in [4.69, 9.17) is 0 Å². The van der Waals surface area contributed by atoms with E-state index in [1.54, 1.807) is 0 Å². The van der Waals surface area contributed by atoms with Gasteiger partial charge in [0, 0.05) is 17.7 Å². The molecule has 3 aromatic rings. The molecule has 2 aromatic carbocycles. The molecule has 0 aliphatic carbocycles. The molecule has 0 aliphatic heterocycles. The Hall–Kier alpha value is -2.40. The Balaban J connectivity index is 1.77. The quantitative estimate of drug-likeness (QED) is 0.498. The van der Waals surface area contributed by atoms with Crippen LogP contribution in [-0.2, 0) is 6.54 Å². The van der Waals surface area contributed by atoms with Crippen LogP contribution in [0.1, 0.15) is 22.8 Å². The summed E-state index contributed by atoms with van der Waals surface area (Å²) in [6.45, 7) is 4.88. The van der Waals surface area contributed by atoms with Gasteiger partial charge in [-0.25, -0.2) is 0 Å². The first-order valence-corrected chi connectivity index (χ1v) is 8.89. The fourth-order valence-corrected chi connectivity index (χ4v) is 3.33. The van der Waals surface area contributed by atoms with E-state index in [0.717, 1.165) is 28.7 Å². The fraction of sp³-hybridized carbons (Fsp3) is 0.211. The van der Waals surface area contributed by atoms with Crippen molar-refractivity contribution in [3.63, 3.8) is 0 Å². The van der Waals surface area contributed by atoms with Crippen LogP contribution in [0.4, 0.5) is 0 Å². The van der Waals surface area contributed by atoms with E-state index in [-0.39, 0.29) is 5.78 Å². The number of ketones is 1. The molecule has 0 spiro atoms. The first-order valence-electron chi connectivity index (χ1n) is 7.90. The number of aryl methyl sites for hydroxylation is 1. The van der Waals surface area contributed by atoms with Crippen LogP contribution in [0.25, 0.3) is 11.4 Å². The average molecular weight is 337 g/mol. The minimum absolute atomic E-state index is 0.100. The number of nitrogens with zero attached hydrogens (tertiary/aromatic N) is 3. The third kappa shape index (κ3) is 3.57. The molecule has 0 N–H and O–H groups in total. The van der Waals surface area contributed by atoms with E-state index in [9.17, 15) is 4.79 Å². The van der Waals surface area contributed by atoms with Crippen molar-refractivity contribution in [3.05, 3.63) is 65.7 Å². The van der Waals surface area contributed by atoms with Crippen LogP contribution in [0.3, 0.4) is 0 Å². The lowest BCUT2D eigenvalue weighted by Gasteiger charge is -2.07. The number of Topliss-reactive ketones (excluding diaryl/α,β-unsaturated/α-hetero) is 1. The Morgan fingerprint density at radius 3 is 2.42 bits per heavy atom. The standard InChI is InChI=1S/C19H19N3OS/c1-3-22-18(16-11-9-14(2)10-12-16)20-21-19(22)24-13-17(23)15-7-5-4-6-8-15/h4-12H,3,13H2,1-2H3. The Morgan fingerprint density at radius 2 is 1.75 bits per heavy atom. The van der Waals surface area contributed by atoms with Gasteiger partial charge in [0.1, 0.15) is 0 Å². The lowest BCUT2D eigenvalue weighted by atomic mass is 10.1. The highest BCUT2D eigenvalue weighted by molar-refractivity contribution is 7.99. The molecular formula is C19H19N3OS. The van der Waals surface area contributed by atoms with Crippen molar-refractivity contribution < 1.29 is 4.79 Å². The minimum atomic E-state index is 0.100. The minimum Gasteiger partial charge on any atom is -0.302 e. The second kappa shape index (κ2) is 7.45. The van der Waals surface area contributed by atoms with Crippen molar-refractivity contribution in [2.75, 3.05) is 5.75 Å². The van der Waals surface area contributed by atoms with Crippen molar-refractivity contribution in [2.24, 2.45) is 0 Å². The topological polar surface area (TPSA) is 47.8 Å². The zero-order chi connectivity index (χ0) is 16.9. The third-order valence-corrected chi connectivity index (χ3v) is 4.74. The van der Waals surface area contributed by atoms with Crippen LogP contribution in [0, 0.1) is 6.92 Å². The second-order valence-corrected chi connectivity index (χ2v) is 6.44. The molecule has 0 fully saturated rings. The van der Waals surface area contributed by atoms with Gasteiger partial charge in [-0.05, 0) is 13.8 Å². The lowest BCUT2D eigenvalue weighted by molar-refractivity contribution is 0.102. The van der Waals surface area contributed by atoms with Crippen molar-refractivity contribution >= 4 is 17.5 Å². The van der Waals surface area contributed by atoms with Gasteiger partial charge in [0.2, 0.25) is 0 Å². The largest absolute Gasteiger partial charge is 0.302 e. The number of hydrogen-bond acceptors (Lipinski definition) is 4. The normalized spacial score (nSPS) is 10.8. The Bertz CT molecular complexity index is 826. The van der Waals surface area contributed by atoms with Gasteiger partial charge in [0.15, 0.2) is 16.8 Å². The van der Waals surface area contributed by atoms with Gasteiger partial charge in [-0.3, -0.25) is 4.79 Å². The highest BCUT2D eigenvalue weighted by Gasteiger charge is 2.15. The number of rotatable bonds is 6. The molecule has 0 saturated heterocycles. The molecule has 3 rings (SSSR count). The summed E-state index contributed by atoms with van der Waals surface area (Å²) in [4.78, 5) is 12.3. The van der Waals surface area contributed by atoms with E-state index < -0.39 is 0 Å². The number of aromatic nitrogens is 3. The summed E-state index contributed by atoms with van der Waals surface area (Å²) >= 11 is 1.43. The molecule has 0 unspecified atom stereocenters. The van der Waals surface area contributed by atoms with Crippen molar-refractivity contribution in [1.82, 2.24) is 14.8 Å². The van der Waals surface area contributed by atoms with E-state index >= 15 is 0 Å². The van der Waals surface area contributed by atoms with Crippen molar-refractivity contribution in [2.45, 2.75) is 25.5 Å². The Kier molecular flexibility index (Phi) is 5.11. The summed E-state index contributed by atoms with van der Waals surface area (Å²) in [6, 6.07) is 17.6. The van der Waals surface area contributed by atoms with E-state index in [2.05, 4.69) is 48.3 Å². The van der Waals surface area contributed by atoms with E-state index in [1.165, 1.54) is 17.3 Å². The summed E-state index contributed by atoms with van der Waals surface area (Å²) in [5, 5.41) is 9.37. The number of hydrogen-bond donors (Lipinski definition) is 0. The van der Waals surface area contributed by atoms with Gasteiger partial charge in [-0.15, -0.1) is 10.2 Å². The van der Waals surface area contributed by atoms with Crippen LogP contribution in [0.2, 0.25) is 0 Å². The molecule has 0 bridgehead atoms. The monoisotopic (exact) mass is 337 g/mol. The Labute approximate surface area is 145 Å². The summed E-state index contributed by atoms with van der Waals surface area (Å²) in [7, 11) is 0. The molecular weight excluding hydrogens is 318 g/mol. The van der Waals surface area contributed by atoms with Crippen LogP contribution in [-0.4, -0.2) is 26.3 Å². The molecule has 0 aliphatic rings. The number of thioether (sulfide) groups is 1. The zero-order valence-corrected chi connectivity index (χ0v) is 14.6. The maximum Gasteiger partial charge on any atom is 0.191 e. The van der Waals surface area contributed by atoms with Crippen molar-refractivity contribution in [1.29, 1.82) is 0 Å². The lowest BCUT2D eigenvalue weighted by Crippen LogP contribution is -2.05. The first-order chi connectivity index (χ1) is 11.7. The molecule has 24 heavy (non-hydrogen) atoms. The maximum absolute atomic E-state index is 12.3. The van der Waals surface area contributed by atoms with Crippen LogP contribution in [0.5, 0.6) is 0 Å². The SMILES string of the molecule is CCn1c(SCC(=O)c2ccccc2)nnc1-c1ccc(C)cc1. The highest BCUT2D eigenvalue weighted by atomic mass is 32.2. The van der Waals surface area contributed by atoms with Crippen LogP contribution >= 0.6 is 11.8 Å². The third-order valence-electron chi connectivity index (χ3n) is 3.77. The van der Waals surface area contributed by atoms with Gasteiger partial charge in [-0.2, -0.15) is 0 Å².